The van der Waals surface area contributed by atoms with Crippen molar-refractivity contribution in [2.45, 2.75) is 380 Å². The Labute approximate surface area is 609 Å². The Bertz CT molecular complexity index is 2180. The van der Waals surface area contributed by atoms with Crippen LogP contribution in [0.5, 0.6) is 0 Å². The molecule has 0 amide bonds. The van der Waals surface area contributed by atoms with E-state index in [4.69, 9.17) is 37.0 Å². The molecule has 17 nitrogen and oxygen atoms in total. The number of hydrogen-bond donors (Lipinski definition) is 3. The van der Waals surface area contributed by atoms with Crippen LogP contribution >= 0.6 is 15.6 Å². The van der Waals surface area contributed by atoms with E-state index in [9.17, 15) is 43.2 Å². The summed E-state index contributed by atoms with van der Waals surface area (Å²) in [4.78, 5) is 73.0. The van der Waals surface area contributed by atoms with Gasteiger partial charge in [0, 0.05) is 25.7 Å². The van der Waals surface area contributed by atoms with Gasteiger partial charge < -0.3 is 33.8 Å². The number of aliphatic hydroxyl groups excluding tert-OH is 1. The summed E-state index contributed by atoms with van der Waals surface area (Å²) in [6.45, 7) is 4.77. The quantitative estimate of drug-likeness (QED) is 0.0169. The molecule has 0 spiro atoms. The minimum atomic E-state index is -4.98. The number of esters is 4. The van der Waals surface area contributed by atoms with Gasteiger partial charge in [0.25, 0.3) is 0 Å². The third-order valence-electron chi connectivity index (χ3n) is 17.2. The molecule has 0 aliphatic heterocycles. The van der Waals surface area contributed by atoms with Crippen LogP contribution < -0.4 is 0 Å². The Morgan fingerprint density at radius 2 is 0.520 bits per heavy atom. The zero-order chi connectivity index (χ0) is 73.2. The van der Waals surface area contributed by atoms with Gasteiger partial charge in [-0.25, -0.2) is 9.13 Å². The number of rotatable bonds is 76. The molecule has 2 unspecified atom stereocenters. The maximum Gasteiger partial charge on any atom is 0.472 e. The van der Waals surface area contributed by atoms with Crippen LogP contribution in [0.4, 0.5) is 0 Å². The van der Waals surface area contributed by atoms with E-state index in [1.54, 1.807) is 0 Å². The smallest absolute Gasteiger partial charge is 0.462 e. The number of carbonyl (C=O) groups is 4. The van der Waals surface area contributed by atoms with Crippen LogP contribution in [0.25, 0.3) is 0 Å². The van der Waals surface area contributed by atoms with Gasteiger partial charge in [0.05, 0.1) is 26.4 Å². The summed E-state index contributed by atoms with van der Waals surface area (Å²) in [5.41, 5.74) is 0. The van der Waals surface area contributed by atoms with E-state index in [-0.39, 0.29) is 25.7 Å². The fourth-order valence-corrected chi connectivity index (χ4v) is 12.6. The van der Waals surface area contributed by atoms with Crippen LogP contribution in [0.3, 0.4) is 0 Å². The molecule has 3 N–H and O–H groups in total. The van der Waals surface area contributed by atoms with Crippen LogP contribution in [0.15, 0.2) is 72.9 Å². The van der Waals surface area contributed by atoms with E-state index in [1.165, 1.54) is 135 Å². The Hall–Kier alpha value is -3.50. The van der Waals surface area contributed by atoms with Crippen molar-refractivity contribution in [3.63, 3.8) is 0 Å². The molecule has 5 atom stereocenters. The second-order valence-electron chi connectivity index (χ2n) is 27.0. The van der Waals surface area contributed by atoms with Crippen LogP contribution in [0, 0.1) is 0 Å². The predicted molar refractivity (Wildman–Crippen MR) is 409 cm³/mol. The molecule has 0 aromatic heterocycles. The van der Waals surface area contributed by atoms with Crippen molar-refractivity contribution < 1.29 is 80.2 Å². The summed E-state index contributed by atoms with van der Waals surface area (Å²) in [5, 5.41) is 10.6. The first-order valence-electron chi connectivity index (χ1n) is 40.2. The lowest BCUT2D eigenvalue weighted by Crippen LogP contribution is -2.30. The van der Waals surface area contributed by atoms with Crippen molar-refractivity contribution in [1.29, 1.82) is 0 Å². The number of unbranched alkanes of at least 4 members (excludes halogenated alkanes) is 38. The second kappa shape index (κ2) is 73.8. The Balaban J connectivity index is 5.34. The molecule has 0 aromatic rings. The van der Waals surface area contributed by atoms with Gasteiger partial charge in [-0.05, 0) is 96.3 Å². The van der Waals surface area contributed by atoms with E-state index in [1.807, 2.05) is 0 Å². The zero-order valence-corrected chi connectivity index (χ0v) is 65.4. The van der Waals surface area contributed by atoms with Crippen molar-refractivity contribution in [2.24, 2.45) is 0 Å². The number of carbonyl (C=O) groups excluding carboxylic acids is 4. The Morgan fingerprint density at radius 1 is 0.290 bits per heavy atom. The highest BCUT2D eigenvalue weighted by Crippen LogP contribution is 2.45. The summed E-state index contributed by atoms with van der Waals surface area (Å²) < 4.78 is 68.6. The summed E-state index contributed by atoms with van der Waals surface area (Å²) in [6, 6.07) is 0. The maximum atomic E-state index is 13.1. The predicted octanol–water partition coefficient (Wildman–Crippen LogP) is 23.2. The monoisotopic (exact) mass is 1450 g/mol. The van der Waals surface area contributed by atoms with Crippen LogP contribution in [0.1, 0.15) is 362 Å². The van der Waals surface area contributed by atoms with E-state index in [0.29, 0.717) is 25.7 Å². The number of aliphatic hydroxyl groups is 1. The molecule has 0 saturated heterocycles. The van der Waals surface area contributed by atoms with Gasteiger partial charge in [0.1, 0.15) is 19.3 Å². The van der Waals surface area contributed by atoms with Crippen LogP contribution in [0.2, 0.25) is 0 Å². The molecule has 0 radical (unpaired) electrons. The highest BCUT2D eigenvalue weighted by molar-refractivity contribution is 7.47. The minimum absolute atomic E-state index is 0.0850. The summed E-state index contributed by atoms with van der Waals surface area (Å²) in [5.74, 6) is -2.18. The summed E-state index contributed by atoms with van der Waals surface area (Å²) >= 11 is 0. The van der Waals surface area contributed by atoms with Crippen molar-refractivity contribution in [1.82, 2.24) is 0 Å². The minimum Gasteiger partial charge on any atom is -0.462 e. The fraction of sp³-hybridized carbons (Fsp3) is 0.802. The van der Waals surface area contributed by atoms with Crippen molar-refractivity contribution in [3.8, 4) is 0 Å². The van der Waals surface area contributed by atoms with E-state index in [2.05, 4.69) is 101 Å². The number of ether oxygens (including phenoxy) is 4. The molecule has 0 aromatic carbocycles. The molecule has 0 bridgehead atoms. The fourth-order valence-electron chi connectivity index (χ4n) is 11.1. The van der Waals surface area contributed by atoms with Gasteiger partial charge >= 0.3 is 39.5 Å². The first-order valence-corrected chi connectivity index (χ1v) is 43.2. The molecule has 19 heteroatoms. The van der Waals surface area contributed by atoms with Gasteiger partial charge in [-0.15, -0.1) is 0 Å². The zero-order valence-electron chi connectivity index (χ0n) is 63.6. The molecule has 0 aliphatic rings. The lowest BCUT2D eigenvalue weighted by molar-refractivity contribution is -0.161. The molecule has 0 fully saturated rings. The van der Waals surface area contributed by atoms with Crippen molar-refractivity contribution in [2.75, 3.05) is 39.6 Å². The van der Waals surface area contributed by atoms with Crippen LogP contribution in [-0.4, -0.2) is 96.7 Å². The number of hydrogen-bond acceptors (Lipinski definition) is 15. The third kappa shape index (κ3) is 72.8. The van der Waals surface area contributed by atoms with E-state index in [0.717, 1.165) is 148 Å². The Morgan fingerprint density at radius 3 is 0.830 bits per heavy atom. The molecular weight excluding hydrogens is 1310 g/mol. The van der Waals surface area contributed by atoms with E-state index < -0.39 is 97.5 Å². The summed E-state index contributed by atoms with van der Waals surface area (Å²) in [6.07, 6.45) is 74.5. The highest BCUT2D eigenvalue weighted by atomic mass is 31.2. The SMILES string of the molecule is CC/C=C\C/C=C\C/C=C\C/C=C\C/C=C\CCCCCC(=O)OC[C@H](COP(=O)(O)OC[C@@H](O)COP(=O)(O)OC[C@@H](COC(=O)CCCCCCCCCCCCCCC)OC(=O)CCCCCCCCCCCCCCC)OC(=O)CCCCCCCCC/C=C\CCCCCC. The van der Waals surface area contributed by atoms with Gasteiger partial charge in [-0.2, -0.15) is 0 Å². The number of phosphoric ester groups is 2. The first kappa shape index (κ1) is 96.5. The Kier molecular flexibility index (Phi) is 71.2. The van der Waals surface area contributed by atoms with Crippen LogP contribution in [-0.2, 0) is 65.4 Å². The van der Waals surface area contributed by atoms with Gasteiger partial charge in [-0.1, -0.05) is 312 Å². The van der Waals surface area contributed by atoms with Crippen molar-refractivity contribution in [3.05, 3.63) is 72.9 Å². The lowest BCUT2D eigenvalue weighted by atomic mass is 10.0. The molecule has 0 heterocycles. The molecule has 100 heavy (non-hydrogen) atoms. The summed E-state index contributed by atoms with van der Waals surface area (Å²) in [7, 11) is -9.95. The lowest BCUT2D eigenvalue weighted by Gasteiger charge is -2.21. The molecule has 0 rings (SSSR count). The molecular formula is C81H146O17P2. The topological polar surface area (TPSA) is 237 Å². The largest absolute Gasteiger partial charge is 0.472 e. The third-order valence-corrected chi connectivity index (χ3v) is 19.1. The van der Waals surface area contributed by atoms with E-state index >= 15 is 0 Å². The normalized spacial score (nSPS) is 14.3. The number of phosphoric acid groups is 2. The van der Waals surface area contributed by atoms with Gasteiger partial charge in [0.15, 0.2) is 12.2 Å². The maximum absolute atomic E-state index is 13.1. The number of allylic oxidation sites excluding steroid dienone is 12. The van der Waals surface area contributed by atoms with Gasteiger partial charge in [0.2, 0.25) is 0 Å². The molecule has 0 saturated carbocycles. The average molecular weight is 1450 g/mol. The molecule has 582 valence electrons. The molecule has 0 aliphatic carbocycles. The highest BCUT2D eigenvalue weighted by Gasteiger charge is 2.30. The first-order chi connectivity index (χ1) is 48.7. The standard InChI is InChI=1S/C81H146O17P2/c1-5-9-13-17-21-25-29-33-35-36-37-38-40-43-46-50-54-58-62-66-79(84)92-72-77(98-81(86)68-64-60-56-52-48-44-39-34-30-26-22-18-14-10-6-2)74-96-100(89,90)94-70-75(82)69-93-99(87,88)95-73-76(97-80(85)67-63-59-55-51-47-42-32-28-24-20-16-12-8-4)71-91-78(83)65-61-57-53-49-45-41-31-27-23-19-15-11-7-3/h9,13,21,25-26,30,33,35,37-38,43,46,75-77,82H,5-8,10-12,14-20,22-24,27-29,31-32,34,36,39-42,44-45,47-74H2,1-4H3,(H,87,88)(H,89,90)/b13-9-,25-21-,30-26-,35-33-,38-37-,46-43-/t75-,76+,77+/m0/s1. The van der Waals surface area contributed by atoms with Gasteiger partial charge in [-0.3, -0.25) is 37.3 Å². The average Bonchev–Trinajstić information content (AvgIpc) is 0.946. The van der Waals surface area contributed by atoms with Crippen molar-refractivity contribution >= 4 is 39.5 Å². The second-order valence-corrected chi connectivity index (χ2v) is 29.9.